The molecule has 1 aliphatic carbocycles. The molecular formula is C30H42N4O3. The smallest absolute Gasteiger partial charge is 0.410 e. The second kappa shape index (κ2) is 10.6. The summed E-state index contributed by atoms with van der Waals surface area (Å²) in [4.78, 5) is 25.1. The van der Waals surface area contributed by atoms with Crippen LogP contribution in [-0.2, 0) is 28.9 Å². The Morgan fingerprint density at radius 2 is 2.03 bits per heavy atom. The molecule has 3 heterocycles. The average Bonchev–Trinajstić information content (AvgIpc) is 2.87. The van der Waals surface area contributed by atoms with Gasteiger partial charge in [-0.3, -0.25) is 14.8 Å². The van der Waals surface area contributed by atoms with E-state index in [1.165, 1.54) is 28.1 Å². The van der Waals surface area contributed by atoms with E-state index in [9.17, 15) is 4.79 Å². The molecule has 0 saturated carbocycles. The number of pyridine rings is 1. The number of hydrogen-bond acceptors (Lipinski definition) is 6. The van der Waals surface area contributed by atoms with Crippen molar-refractivity contribution in [1.29, 1.82) is 0 Å². The summed E-state index contributed by atoms with van der Waals surface area (Å²) in [6, 6.07) is 11.4. The van der Waals surface area contributed by atoms with Crippen molar-refractivity contribution in [3.8, 4) is 0 Å². The van der Waals surface area contributed by atoms with Gasteiger partial charge in [-0.05, 0) is 89.2 Å². The lowest BCUT2D eigenvalue weighted by Crippen LogP contribution is -2.52. The fourth-order valence-electron chi connectivity index (χ4n) is 6.19. The van der Waals surface area contributed by atoms with Crippen molar-refractivity contribution in [3.05, 3.63) is 58.9 Å². The van der Waals surface area contributed by atoms with Crippen LogP contribution in [0.4, 0.5) is 10.5 Å². The molecule has 1 amide bonds. The quantitative estimate of drug-likeness (QED) is 0.583. The minimum Gasteiger partial charge on any atom is -0.444 e. The largest absolute Gasteiger partial charge is 0.444 e. The second-order valence-electron chi connectivity index (χ2n) is 11.9. The zero-order valence-corrected chi connectivity index (χ0v) is 23.1. The van der Waals surface area contributed by atoms with Crippen LogP contribution in [0.2, 0.25) is 0 Å². The molecule has 37 heavy (non-hydrogen) atoms. The van der Waals surface area contributed by atoms with Crippen molar-refractivity contribution < 1.29 is 14.3 Å². The van der Waals surface area contributed by atoms with Gasteiger partial charge >= 0.3 is 6.09 Å². The van der Waals surface area contributed by atoms with Crippen molar-refractivity contribution in [2.75, 3.05) is 38.3 Å². The molecule has 0 spiro atoms. The highest BCUT2D eigenvalue weighted by atomic mass is 16.6. The summed E-state index contributed by atoms with van der Waals surface area (Å²) in [6.07, 6.45) is 5.83. The fraction of sp³-hybridized carbons (Fsp3) is 0.600. The Morgan fingerprint density at radius 1 is 1.22 bits per heavy atom. The third kappa shape index (κ3) is 5.63. The summed E-state index contributed by atoms with van der Waals surface area (Å²) in [7, 11) is 2.19. The van der Waals surface area contributed by atoms with E-state index in [0.29, 0.717) is 12.6 Å². The molecule has 7 heteroatoms. The van der Waals surface area contributed by atoms with Crippen molar-refractivity contribution in [2.24, 2.45) is 0 Å². The number of aromatic nitrogens is 1. The van der Waals surface area contributed by atoms with E-state index in [-0.39, 0.29) is 18.2 Å². The van der Waals surface area contributed by atoms with Gasteiger partial charge in [-0.25, -0.2) is 4.79 Å². The van der Waals surface area contributed by atoms with Gasteiger partial charge in [-0.15, -0.1) is 0 Å². The number of likely N-dealkylation sites (N-methyl/N-ethyl adjacent to an activating group) is 1. The predicted molar refractivity (Wildman–Crippen MR) is 146 cm³/mol. The average molecular weight is 507 g/mol. The van der Waals surface area contributed by atoms with Gasteiger partial charge in [0.05, 0.1) is 31.0 Å². The first-order valence-electron chi connectivity index (χ1n) is 13.8. The SMILES string of the molecule is C[C@@H]1COCCN1c1cccc2c1C[C@H](CN(C)[C@H]1CCCc3cccnc31)N(C(=O)OC(C)(C)C)C2. The number of aryl methyl sites for hydroxylation is 1. The molecule has 1 saturated heterocycles. The van der Waals surface area contributed by atoms with Crippen LogP contribution < -0.4 is 4.90 Å². The van der Waals surface area contributed by atoms with Gasteiger partial charge in [-0.2, -0.15) is 0 Å². The van der Waals surface area contributed by atoms with Crippen LogP contribution in [0.15, 0.2) is 36.5 Å². The molecule has 5 rings (SSSR count). The van der Waals surface area contributed by atoms with Crippen LogP contribution >= 0.6 is 0 Å². The maximum absolute atomic E-state index is 13.5. The Labute approximate surface area is 221 Å². The third-order valence-electron chi connectivity index (χ3n) is 7.97. The summed E-state index contributed by atoms with van der Waals surface area (Å²) in [5.41, 5.74) is 5.87. The zero-order valence-electron chi connectivity index (χ0n) is 23.1. The monoisotopic (exact) mass is 506 g/mol. The summed E-state index contributed by atoms with van der Waals surface area (Å²) in [5, 5.41) is 0. The fourth-order valence-corrected chi connectivity index (χ4v) is 6.19. The number of amides is 1. The number of nitrogens with zero attached hydrogens (tertiary/aromatic N) is 4. The molecule has 200 valence electrons. The van der Waals surface area contributed by atoms with E-state index in [0.717, 1.165) is 52.0 Å². The molecule has 1 aromatic carbocycles. The normalized spacial score (nSPS) is 24.0. The first-order chi connectivity index (χ1) is 17.7. The highest BCUT2D eigenvalue weighted by Crippen LogP contribution is 2.36. The van der Waals surface area contributed by atoms with E-state index in [2.05, 4.69) is 48.0 Å². The summed E-state index contributed by atoms with van der Waals surface area (Å²) >= 11 is 0. The van der Waals surface area contributed by atoms with Crippen LogP contribution in [0.3, 0.4) is 0 Å². The van der Waals surface area contributed by atoms with Crippen LogP contribution in [0.1, 0.15) is 69.0 Å². The minimum absolute atomic E-state index is 0.0129. The van der Waals surface area contributed by atoms with E-state index >= 15 is 0 Å². The number of carbonyl (C=O) groups excluding carboxylic acids is 1. The molecule has 1 fully saturated rings. The molecule has 3 atom stereocenters. The molecular weight excluding hydrogens is 464 g/mol. The molecule has 1 aromatic heterocycles. The maximum Gasteiger partial charge on any atom is 0.410 e. The van der Waals surface area contributed by atoms with Crippen molar-refractivity contribution in [2.45, 2.75) is 83.6 Å². The van der Waals surface area contributed by atoms with Crippen LogP contribution in [0.25, 0.3) is 0 Å². The Balaban J connectivity index is 1.45. The van der Waals surface area contributed by atoms with E-state index in [1.807, 2.05) is 37.9 Å². The first kappa shape index (κ1) is 26.0. The molecule has 2 aliphatic heterocycles. The lowest BCUT2D eigenvalue weighted by Gasteiger charge is -2.43. The maximum atomic E-state index is 13.5. The summed E-state index contributed by atoms with van der Waals surface area (Å²) in [5.74, 6) is 0. The van der Waals surface area contributed by atoms with E-state index < -0.39 is 5.60 Å². The third-order valence-corrected chi connectivity index (χ3v) is 7.97. The van der Waals surface area contributed by atoms with Gasteiger partial charge in [0.1, 0.15) is 5.60 Å². The molecule has 0 bridgehead atoms. The summed E-state index contributed by atoms with van der Waals surface area (Å²) < 4.78 is 11.6. The standard InChI is InChI=1S/C30H42N4O3/c1-21-20-36-16-15-33(21)26-12-7-10-23-18-34(29(35)37-30(2,3)4)24(17-25(23)26)19-32(5)27-13-6-9-22-11-8-14-31-28(22)27/h7-8,10-12,14,21,24,27H,6,9,13,15-20H2,1-5H3/t21-,24-,27+/m1/s1. The number of benzene rings is 1. The zero-order chi connectivity index (χ0) is 26.2. The Hall–Kier alpha value is -2.64. The second-order valence-corrected chi connectivity index (χ2v) is 11.9. The Morgan fingerprint density at radius 3 is 2.81 bits per heavy atom. The van der Waals surface area contributed by atoms with Crippen molar-refractivity contribution >= 4 is 11.8 Å². The lowest BCUT2D eigenvalue weighted by atomic mass is 9.89. The van der Waals surface area contributed by atoms with E-state index in [4.69, 9.17) is 14.5 Å². The molecule has 0 N–H and O–H groups in total. The predicted octanol–water partition coefficient (Wildman–Crippen LogP) is 4.98. The Bertz CT molecular complexity index is 1110. The number of hydrogen-bond donors (Lipinski definition) is 0. The molecule has 0 radical (unpaired) electrons. The van der Waals surface area contributed by atoms with Crippen molar-refractivity contribution in [3.63, 3.8) is 0 Å². The topological polar surface area (TPSA) is 58.1 Å². The highest BCUT2D eigenvalue weighted by Gasteiger charge is 2.37. The number of ether oxygens (including phenoxy) is 2. The minimum atomic E-state index is -0.537. The molecule has 3 aliphatic rings. The number of rotatable bonds is 4. The molecule has 2 aromatic rings. The van der Waals surface area contributed by atoms with Gasteiger partial charge in [0.25, 0.3) is 0 Å². The number of carbonyl (C=O) groups is 1. The lowest BCUT2D eigenvalue weighted by molar-refractivity contribution is 0.00644. The number of morpholine rings is 1. The number of fused-ring (bicyclic) bond motifs is 2. The van der Waals surface area contributed by atoms with Gasteiger partial charge in [0, 0.05) is 37.6 Å². The van der Waals surface area contributed by atoms with Crippen molar-refractivity contribution in [1.82, 2.24) is 14.8 Å². The Kier molecular flexibility index (Phi) is 7.46. The van der Waals surface area contributed by atoms with Gasteiger partial charge in [-0.1, -0.05) is 18.2 Å². The van der Waals surface area contributed by atoms with Crippen LogP contribution in [0, 0.1) is 0 Å². The first-order valence-corrected chi connectivity index (χ1v) is 13.8. The number of anilines is 1. The van der Waals surface area contributed by atoms with Gasteiger partial charge in [0.15, 0.2) is 0 Å². The summed E-state index contributed by atoms with van der Waals surface area (Å²) in [6.45, 7) is 11.8. The molecule has 7 nitrogen and oxygen atoms in total. The highest BCUT2D eigenvalue weighted by molar-refractivity contribution is 5.70. The van der Waals surface area contributed by atoms with E-state index in [1.54, 1.807) is 0 Å². The van der Waals surface area contributed by atoms with Gasteiger partial charge < -0.3 is 14.4 Å². The van der Waals surface area contributed by atoms with Crippen LogP contribution in [0.5, 0.6) is 0 Å². The van der Waals surface area contributed by atoms with Crippen LogP contribution in [-0.4, -0.2) is 71.9 Å². The van der Waals surface area contributed by atoms with Gasteiger partial charge in [0.2, 0.25) is 0 Å². The molecule has 0 unspecified atom stereocenters.